The molecule has 0 fully saturated rings. The Hall–Kier alpha value is -4.70. The van der Waals surface area contributed by atoms with Gasteiger partial charge < -0.3 is 9.15 Å². The van der Waals surface area contributed by atoms with Crippen molar-refractivity contribution in [3.05, 3.63) is 97.1 Å². The Bertz CT molecular complexity index is 1940. The smallest absolute Gasteiger partial charge is 0.161 e. The van der Waals surface area contributed by atoms with E-state index >= 15 is 0 Å². The molecule has 0 atom stereocenters. The lowest BCUT2D eigenvalue weighted by Crippen LogP contribution is -1.97. The van der Waals surface area contributed by atoms with E-state index in [0.717, 1.165) is 71.9 Å². The predicted molar refractivity (Wildman–Crippen MR) is 135 cm³/mol. The van der Waals surface area contributed by atoms with Crippen LogP contribution in [-0.4, -0.2) is 9.97 Å². The molecule has 5 aromatic carbocycles. The predicted octanol–water partition coefficient (Wildman–Crippen LogP) is 8.12. The molecule has 0 spiro atoms. The number of benzene rings is 5. The summed E-state index contributed by atoms with van der Waals surface area (Å²) in [4.78, 5) is 10.1. The second kappa shape index (κ2) is 6.42. The van der Waals surface area contributed by atoms with Crippen molar-refractivity contribution in [3.8, 4) is 34.1 Å². The van der Waals surface area contributed by atoms with Crippen molar-refractivity contribution in [2.24, 2.45) is 0 Å². The van der Waals surface area contributed by atoms with Crippen molar-refractivity contribution in [1.82, 2.24) is 9.97 Å². The maximum atomic E-state index is 6.30. The Morgan fingerprint density at radius 3 is 2.24 bits per heavy atom. The zero-order chi connectivity index (χ0) is 22.2. The molecule has 0 radical (unpaired) electrons. The van der Waals surface area contributed by atoms with E-state index in [1.54, 1.807) is 0 Å². The molecule has 7 aromatic rings. The minimum absolute atomic E-state index is 0.669. The molecule has 1 aliphatic heterocycles. The molecule has 0 aliphatic carbocycles. The maximum Gasteiger partial charge on any atom is 0.161 e. The minimum Gasteiger partial charge on any atom is -0.456 e. The molecular weight excluding hydrogens is 420 g/mol. The number of para-hydroxylation sites is 1. The molecule has 4 heteroatoms. The number of furan rings is 1. The van der Waals surface area contributed by atoms with Gasteiger partial charge in [-0.15, -0.1) is 0 Å². The molecule has 0 N–H and O–H groups in total. The van der Waals surface area contributed by atoms with Crippen LogP contribution in [0.3, 0.4) is 0 Å². The van der Waals surface area contributed by atoms with Gasteiger partial charge in [0.15, 0.2) is 5.82 Å². The number of rotatable bonds is 2. The highest BCUT2D eigenvalue weighted by molar-refractivity contribution is 6.26. The topological polar surface area (TPSA) is 48.2 Å². The number of nitrogens with zero attached hydrogens (tertiary/aromatic N) is 2. The van der Waals surface area contributed by atoms with Gasteiger partial charge in [-0.3, -0.25) is 0 Å². The van der Waals surface area contributed by atoms with E-state index in [1.807, 2.05) is 66.7 Å². The zero-order valence-corrected chi connectivity index (χ0v) is 17.9. The third-order valence-electron chi connectivity index (χ3n) is 6.66. The van der Waals surface area contributed by atoms with Crippen LogP contribution in [0, 0.1) is 0 Å². The number of ether oxygens (including phenoxy) is 1. The van der Waals surface area contributed by atoms with Crippen LogP contribution in [0.1, 0.15) is 0 Å². The molecule has 0 saturated carbocycles. The molecule has 0 amide bonds. The van der Waals surface area contributed by atoms with E-state index in [1.165, 1.54) is 0 Å². The third-order valence-corrected chi connectivity index (χ3v) is 6.66. The Balaban J connectivity index is 1.52. The number of fused-ring (bicyclic) bond motifs is 1. The van der Waals surface area contributed by atoms with Crippen LogP contribution in [-0.2, 0) is 0 Å². The molecule has 2 aromatic heterocycles. The first-order chi connectivity index (χ1) is 16.8. The monoisotopic (exact) mass is 436 g/mol. The first kappa shape index (κ1) is 17.8. The quantitative estimate of drug-likeness (QED) is 0.274. The van der Waals surface area contributed by atoms with Crippen molar-refractivity contribution in [3.63, 3.8) is 0 Å². The second-order valence-corrected chi connectivity index (χ2v) is 8.59. The highest BCUT2D eigenvalue weighted by atomic mass is 16.5. The minimum atomic E-state index is 0.669. The largest absolute Gasteiger partial charge is 0.456 e. The van der Waals surface area contributed by atoms with Gasteiger partial charge >= 0.3 is 0 Å². The highest BCUT2D eigenvalue weighted by Crippen LogP contribution is 2.50. The van der Waals surface area contributed by atoms with Crippen molar-refractivity contribution < 1.29 is 9.15 Å². The lowest BCUT2D eigenvalue weighted by molar-refractivity contribution is 0.492. The normalized spacial score (nSPS) is 12.4. The average molecular weight is 436 g/mol. The fraction of sp³-hybridized carbons (Fsp3) is 0. The molecule has 3 heterocycles. The van der Waals surface area contributed by atoms with Gasteiger partial charge in [0.05, 0.1) is 16.6 Å². The SMILES string of the molecule is c1ccc(-c2nc(-c3cc4oc5cccc6c5c4c4c(cccc34)O6)nc3ccccc23)cc1. The van der Waals surface area contributed by atoms with Crippen molar-refractivity contribution in [1.29, 1.82) is 0 Å². The molecule has 0 bridgehead atoms. The summed E-state index contributed by atoms with van der Waals surface area (Å²) < 4.78 is 12.6. The molecule has 34 heavy (non-hydrogen) atoms. The summed E-state index contributed by atoms with van der Waals surface area (Å²) in [6.45, 7) is 0. The fourth-order valence-corrected chi connectivity index (χ4v) is 5.19. The van der Waals surface area contributed by atoms with Crippen LogP contribution in [0.5, 0.6) is 11.5 Å². The van der Waals surface area contributed by atoms with Gasteiger partial charge in [-0.25, -0.2) is 9.97 Å². The van der Waals surface area contributed by atoms with E-state index in [4.69, 9.17) is 19.1 Å². The lowest BCUT2D eigenvalue weighted by Gasteiger charge is -2.17. The Labute approximate surface area is 194 Å². The van der Waals surface area contributed by atoms with Gasteiger partial charge in [-0.2, -0.15) is 0 Å². The van der Waals surface area contributed by atoms with E-state index in [2.05, 4.69) is 30.3 Å². The maximum absolute atomic E-state index is 6.30. The van der Waals surface area contributed by atoms with E-state index in [0.29, 0.717) is 5.82 Å². The van der Waals surface area contributed by atoms with E-state index < -0.39 is 0 Å². The van der Waals surface area contributed by atoms with E-state index in [9.17, 15) is 0 Å². The third kappa shape index (κ3) is 2.32. The number of aromatic nitrogens is 2. The molecule has 8 rings (SSSR count). The average Bonchev–Trinajstić information content (AvgIpc) is 3.28. The Morgan fingerprint density at radius 2 is 1.32 bits per heavy atom. The Morgan fingerprint density at radius 1 is 0.559 bits per heavy atom. The van der Waals surface area contributed by atoms with Gasteiger partial charge in [0, 0.05) is 27.3 Å². The summed E-state index contributed by atoms with van der Waals surface area (Å²) in [7, 11) is 0. The van der Waals surface area contributed by atoms with Gasteiger partial charge in [0.2, 0.25) is 0 Å². The van der Waals surface area contributed by atoms with Gasteiger partial charge in [0.1, 0.15) is 22.7 Å². The molecule has 158 valence electrons. The molecular formula is C30H16N2O2. The van der Waals surface area contributed by atoms with Crippen molar-refractivity contribution >= 4 is 43.6 Å². The standard InChI is InChI=1S/C30H16N2O2/c1-2-8-17(9-3-1)29-19-10-4-5-12-21(19)31-30(32-29)20-16-25-28-26-18(20)11-6-13-22(26)33-23-14-7-15-24(34-25)27(23)28/h1-16H. The molecule has 1 aliphatic rings. The van der Waals surface area contributed by atoms with Crippen LogP contribution in [0.2, 0.25) is 0 Å². The summed E-state index contributed by atoms with van der Waals surface area (Å²) in [6.07, 6.45) is 0. The Kier molecular flexibility index (Phi) is 3.36. The summed E-state index contributed by atoms with van der Waals surface area (Å²) >= 11 is 0. The summed E-state index contributed by atoms with van der Waals surface area (Å²) in [5.74, 6) is 2.33. The summed E-state index contributed by atoms with van der Waals surface area (Å²) in [5.41, 5.74) is 5.46. The van der Waals surface area contributed by atoms with E-state index in [-0.39, 0.29) is 0 Å². The van der Waals surface area contributed by atoms with Gasteiger partial charge in [-0.05, 0) is 35.7 Å². The zero-order valence-electron chi connectivity index (χ0n) is 17.9. The van der Waals surface area contributed by atoms with Crippen molar-refractivity contribution in [2.45, 2.75) is 0 Å². The van der Waals surface area contributed by atoms with Crippen LogP contribution >= 0.6 is 0 Å². The lowest BCUT2D eigenvalue weighted by atomic mass is 9.96. The first-order valence-corrected chi connectivity index (χ1v) is 11.3. The number of hydrogen-bond acceptors (Lipinski definition) is 4. The van der Waals surface area contributed by atoms with Crippen LogP contribution in [0.25, 0.3) is 66.3 Å². The molecule has 0 unspecified atom stereocenters. The number of hydrogen-bond donors (Lipinski definition) is 0. The van der Waals surface area contributed by atoms with Crippen LogP contribution in [0.4, 0.5) is 0 Å². The highest BCUT2D eigenvalue weighted by Gasteiger charge is 2.25. The summed E-state index contributed by atoms with van der Waals surface area (Å²) in [5, 5.41) is 5.25. The molecule has 0 saturated heterocycles. The van der Waals surface area contributed by atoms with Crippen molar-refractivity contribution in [2.75, 3.05) is 0 Å². The van der Waals surface area contributed by atoms with Crippen LogP contribution in [0.15, 0.2) is 101 Å². The van der Waals surface area contributed by atoms with Crippen LogP contribution < -0.4 is 4.74 Å². The fourth-order valence-electron chi connectivity index (χ4n) is 5.19. The van der Waals surface area contributed by atoms with Gasteiger partial charge in [0.25, 0.3) is 0 Å². The second-order valence-electron chi connectivity index (χ2n) is 8.59. The summed E-state index contributed by atoms with van der Waals surface area (Å²) in [6, 6.07) is 32.6. The first-order valence-electron chi connectivity index (χ1n) is 11.3. The molecule has 4 nitrogen and oxygen atoms in total. The van der Waals surface area contributed by atoms with Gasteiger partial charge in [-0.1, -0.05) is 66.7 Å².